The van der Waals surface area contributed by atoms with Crippen molar-refractivity contribution in [3.8, 4) is 5.75 Å². The van der Waals surface area contributed by atoms with Crippen molar-refractivity contribution in [1.82, 2.24) is 15.7 Å². The molecule has 0 radical (unpaired) electrons. The Balaban J connectivity index is 2.40. The zero-order chi connectivity index (χ0) is 35.7. The van der Waals surface area contributed by atoms with Gasteiger partial charge in [-0.15, -0.1) is 6.58 Å². The van der Waals surface area contributed by atoms with Gasteiger partial charge in [-0.05, 0) is 95.5 Å². The first-order valence-corrected chi connectivity index (χ1v) is 16.2. The van der Waals surface area contributed by atoms with Crippen LogP contribution in [0.1, 0.15) is 58.1 Å². The monoisotopic (exact) mass is 701 g/mol. The van der Waals surface area contributed by atoms with Crippen LogP contribution in [0.5, 0.6) is 5.75 Å². The van der Waals surface area contributed by atoms with Gasteiger partial charge in [0.2, 0.25) is 5.91 Å². The molecule has 0 saturated heterocycles. The number of carbonyl (C=O) groups is 3. The molecule has 4 N–H and O–H groups in total. The third kappa shape index (κ3) is 13.5. The zero-order valence-electron chi connectivity index (χ0n) is 27.9. The largest absolute Gasteiger partial charge is 0.490 e. The lowest BCUT2D eigenvalue weighted by Gasteiger charge is -2.33. The summed E-state index contributed by atoms with van der Waals surface area (Å²) in [5.74, 6) is -0.523. The summed E-state index contributed by atoms with van der Waals surface area (Å²) in [4.78, 5) is 49.0. The van der Waals surface area contributed by atoms with Crippen LogP contribution in [0.3, 0.4) is 0 Å². The molecule has 2 aromatic carbocycles. The molecule has 0 atom stereocenters. The van der Waals surface area contributed by atoms with Gasteiger partial charge in [0.1, 0.15) is 18.2 Å². The molecule has 0 bridgehead atoms. The van der Waals surface area contributed by atoms with Gasteiger partial charge in [-0.1, -0.05) is 41.9 Å². The molecule has 0 unspecified atom stereocenters. The average Bonchev–Trinajstić information content (AvgIpc) is 3.01. The third-order valence-electron chi connectivity index (χ3n) is 6.51. The number of amides is 3. The highest BCUT2D eigenvalue weighted by Gasteiger charge is 2.31. The minimum absolute atomic E-state index is 0.0650. The van der Waals surface area contributed by atoms with Gasteiger partial charge in [0.05, 0.1) is 34.6 Å². The molecule has 11 nitrogen and oxygen atoms in total. The summed E-state index contributed by atoms with van der Waals surface area (Å²) in [7, 11) is 0. The lowest BCUT2D eigenvalue weighted by molar-refractivity contribution is -0.115. The van der Waals surface area contributed by atoms with Crippen LogP contribution in [0.2, 0.25) is 10.0 Å². The summed E-state index contributed by atoms with van der Waals surface area (Å²) < 4.78 is 5.53. The van der Waals surface area contributed by atoms with E-state index in [-0.39, 0.29) is 40.4 Å². The first-order chi connectivity index (χ1) is 22.8. The van der Waals surface area contributed by atoms with Crippen LogP contribution in [-0.4, -0.2) is 65.6 Å². The number of amidine groups is 1. The summed E-state index contributed by atoms with van der Waals surface area (Å²) in [5, 5.41) is 16.3. The van der Waals surface area contributed by atoms with Gasteiger partial charge in [0.15, 0.2) is 0 Å². The van der Waals surface area contributed by atoms with E-state index in [1.165, 1.54) is 6.08 Å². The summed E-state index contributed by atoms with van der Waals surface area (Å²) in [6, 6.07) is 10.0. The molecule has 0 fully saturated rings. The summed E-state index contributed by atoms with van der Waals surface area (Å²) >= 11 is 13.1. The van der Waals surface area contributed by atoms with Crippen molar-refractivity contribution in [2.24, 2.45) is 4.99 Å². The second-order valence-corrected chi connectivity index (χ2v) is 12.3. The normalized spacial score (nSPS) is 11.9. The Labute approximate surface area is 292 Å². The molecule has 0 aliphatic rings. The molecule has 2 rings (SSSR count). The van der Waals surface area contributed by atoms with E-state index in [1.54, 1.807) is 70.2 Å². The number of unbranched alkanes of at least 4 members (excludes halogenated alkanes) is 2. The number of nitrogens with one attached hydrogen (secondary N) is 3. The fourth-order valence-corrected chi connectivity index (χ4v) is 5.02. The van der Waals surface area contributed by atoms with Crippen LogP contribution >= 0.6 is 23.2 Å². The molecule has 0 aromatic heterocycles. The molecule has 3 amide bonds. The number of anilines is 1. The van der Waals surface area contributed by atoms with Crippen molar-refractivity contribution < 1.29 is 29.1 Å². The zero-order valence-corrected chi connectivity index (χ0v) is 29.4. The van der Waals surface area contributed by atoms with Crippen molar-refractivity contribution in [2.75, 3.05) is 31.6 Å². The Hall–Kier alpha value is -4.16. The van der Waals surface area contributed by atoms with E-state index in [4.69, 9.17) is 32.8 Å². The molecule has 260 valence electrons. The fourth-order valence-electron chi connectivity index (χ4n) is 4.40. The van der Waals surface area contributed by atoms with Crippen molar-refractivity contribution in [1.29, 1.82) is 0 Å². The minimum atomic E-state index is -1.31. The number of ether oxygens (including phenoxy) is 1. The molecule has 0 saturated carbocycles. The second-order valence-electron chi connectivity index (χ2n) is 11.5. The lowest BCUT2D eigenvalue weighted by Crippen LogP contribution is -2.49. The summed E-state index contributed by atoms with van der Waals surface area (Å²) in [6.45, 7) is 15.5. The maximum Gasteiger partial charge on any atom is 0.413 e. The Morgan fingerprint density at radius 3 is 2.27 bits per heavy atom. The lowest BCUT2D eigenvalue weighted by atomic mass is 10.0. The summed E-state index contributed by atoms with van der Waals surface area (Å²) in [5.41, 5.74) is 3.37. The van der Waals surface area contributed by atoms with E-state index in [1.807, 2.05) is 6.08 Å². The van der Waals surface area contributed by atoms with E-state index in [0.29, 0.717) is 42.3 Å². The Kier molecular flexibility index (Phi) is 16.9. The average molecular weight is 703 g/mol. The minimum Gasteiger partial charge on any atom is -0.490 e. The second kappa shape index (κ2) is 20.3. The van der Waals surface area contributed by atoms with Gasteiger partial charge >= 0.3 is 6.09 Å². The number of aliphatic imine (C=N–C) groups is 1. The molecule has 0 aliphatic heterocycles. The number of hydrogen-bond donors (Lipinski definition) is 4. The third-order valence-corrected chi connectivity index (χ3v) is 7.11. The van der Waals surface area contributed by atoms with Crippen molar-refractivity contribution in [3.05, 3.63) is 89.0 Å². The molecule has 13 heteroatoms. The topological polar surface area (TPSA) is 142 Å². The smallest absolute Gasteiger partial charge is 0.413 e. The van der Waals surface area contributed by atoms with Crippen LogP contribution in [-0.2, 0) is 20.8 Å². The quantitative estimate of drug-likeness (QED) is 0.0318. The van der Waals surface area contributed by atoms with E-state index >= 15 is 0 Å². The molecule has 0 aliphatic carbocycles. The first-order valence-electron chi connectivity index (χ1n) is 15.5. The number of carbonyl (C=O) groups excluding carboxylic acids is 2. The van der Waals surface area contributed by atoms with Crippen molar-refractivity contribution >= 4 is 58.3 Å². The summed E-state index contributed by atoms with van der Waals surface area (Å²) in [6.07, 6.45) is 6.07. The molecule has 48 heavy (non-hydrogen) atoms. The number of benzene rings is 2. The maximum atomic E-state index is 13.4. The molecular formula is C35H45Cl2N5O6. The number of hydroxylamine groups is 1. The number of halogens is 2. The van der Waals surface area contributed by atoms with Crippen molar-refractivity contribution in [2.45, 2.75) is 58.9 Å². The van der Waals surface area contributed by atoms with E-state index < -0.39 is 17.5 Å². The van der Waals surface area contributed by atoms with Gasteiger partial charge in [0.25, 0.3) is 5.91 Å². The number of nitrogens with zero attached hydrogens (tertiary/aromatic N) is 2. The van der Waals surface area contributed by atoms with E-state index in [2.05, 4.69) is 34.3 Å². The van der Waals surface area contributed by atoms with Gasteiger partial charge in [-0.2, -0.15) is 4.99 Å². The van der Waals surface area contributed by atoms with Crippen LogP contribution in [0.4, 0.5) is 10.5 Å². The van der Waals surface area contributed by atoms with Crippen molar-refractivity contribution in [3.63, 3.8) is 0 Å². The van der Waals surface area contributed by atoms with Crippen LogP contribution in [0, 0.1) is 0 Å². The van der Waals surface area contributed by atoms with Gasteiger partial charge in [0, 0.05) is 23.6 Å². The molecule has 0 spiro atoms. The number of rotatable bonds is 18. The SMILES string of the molecule is C=CCCCCNCC(=O)Nc1c(Cl)cc(CC(=NC(=O)C=C(NOCC)c2ccc(OCC=C)cc2)N(C(=O)O)C(C)(C)C)cc1Cl. The van der Waals surface area contributed by atoms with Gasteiger partial charge in [-0.3, -0.25) is 24.8 Å². The highest BCUT2D eigenvalue weighted by Crippen LogP contribution is 2.32. The molecule has 0 heterocycles. The van der Waals surface area contributed by atoms with Crippen LogP contribution in [0.25, 0.3) is 5.70 Å². The first kappa shape index (κ1) is 40.0. The maximum absolute atomic E-state index is 13.4. The van der Waals surface area contributed by atoms with E-state index in [0.717, 1.165) is 24.2 Å². The Bertz CT molecular complexity index is 1460. The molecule has 2 aromatic rings. The number of allylic oxidation sites excluding steroid dienone is 1. The predicted octanol–water partition coefficient (Wildman–Crippen LogP) is 7.27. The number of hydrogen-bond acceptors (Lipinski definition) is 7. The number of carboxylic acid groups (broad SMARTS) is 1. The highest BCUT2D eigenvalue weighted by molar-refractivity contribution is 6.40. The highest BCUT2D eigenvalue weighted by atomic mass is 35.5. The van der Waals surface area contributed by atoms with Crippen LogP contribution < -0.4 is 20.9 Å². The fraction of sp³-hybridized carbons (Fsp3) is 0.371. The standard InChI is InChI=1S/C35H45Cl2N5O6/c1-7-10-11-12-17-38-23-32(44)40-33-27(36)19-24(20-28(33)37)21-30(42(34(45)46)35(4,5)6)39-31(43)22-29(41-48-9-3)25-13-15-26(16-14-25)47-18-8-2/h7-8,13-16,19-20,22,38,41H,1-2,9-12,17-18,21,23H2,3-6H3,(H,40,44)(H,45,46). The van der Waals surface area contributed by atoms with Crippen LogP contribution in [0.15, 0.2) is 72.8 Å². The predicted molar refractivity (Wildman–Crippen MR) is 193 cm³/mol. The van der Waals surface area contributed by atoms with Gasteiger partial charge < -0.3 is 20.5 Å². The Morgan fingerprint density at radius 2 is 1.71 bits per heavy atom. The molecular weight excluding hydrogens is 657 g/mol. The Morgan fingerprint density at radius 1 is 1.04 bits per heavy atom. The van der Waals surface area contributed by atoms with E-state index in [9.17, 15) is 19.5 Å². The van der Waals surface area contributed by atoms with Gasteiger partial charge in [-0.25, -0.2) is 4.79 Å².